The van der Waals surface area contributed by atoms with Crippen LogP contribution in [-0.4, -0.2) is 24.7 Å². The molecule has 1 aliphatic heterocycles. The Morgan fingerprint density at radius 2 is 1.85 bits per heavy atom. The highest BCUT2D eigenvalue weighted by Gasteiger charge is 2.34. The molecule has 2 heterocycles. The van der Waals surface area contributed by atoms with Gasteiger partial charge in [-0.05, 0) is 67.7 Å². The van der Waals surface area contributed by atoms with Crippen LogP contribution in [0.25, 0.3) is 10.9 Å². The summed E-state index contributed by atoms with van der Waals surface area (Å²) in [6.07, 6.45) is 4.12. The fraction of sp³-hybridized carbons (Fsp3) is 0.348. The quantitative estimate of drug-likeness (QED) is 0.744. The molecule has 134 valence electrons. The SMILES string of the molecule is Cc1ccnc2ccc(COCC3(c4ccccc4)CCNCC3)cc12. The van der Waals surface area contributed by atoms with Crippen LogP contribution in [0.3, 0.4) is 0 Å². The minimum atomic E-state index is 0.126. The van der Waals surface area contributed by atoms with Crippen LogP contribution in [-0.2, 0) is 16.8 Å². The van der Waals surface area contributed by atoms with Gasteiger partial charge in [0.05, 0.1) is 18.7 Å². The lowest BCUT2D eigenvalue weighted by Crippen LogP contribution is -2.43. The molecule has 4 rings (SSSR count). The minimum Gasteiger partial charge on any atom is -0.376 e. The van der Waals surface area contributed by atoms with Gasteiger partial charge in [0.1, 0.15) is 0 Å². The summed E-state index contributed by atoms with van der Waals surface area (Å²) >= 11 is 0. The standard InChI is InChI=1S/C23H26N2O/c1-18-9-12-25-22-8-7-19(15-21(18)22)16-26-17-23(10-13-24-14-11-23)20-5-3-2-4-6-20/h2-9,12,15,24H,10-11,13-14,16-17H2,1H3. The zero-order valence-corrected chi connectivity index (χ0v) is 15.4. The molecule has 1 aromatic heterocycles. The van der Waals surface area contributed by atoms with Crippen molar-refractivity contribution in [3.05, 3.63) is 77.5 Å². The van der Waals surface area contributed by atoms with Gasteiger partial charge in [0.25, 0.3) is 0 Å². The zero-order chi connectivity index (χ0) is 17.8. The summed E-state index contributed by atoms with van der Waals surface area (Å²) in [6.45, 7) is 5.65. The van der Waals surface area contributed by atoms with E-state index in [-0.39, 0.29) is 5.41 Å². The van der Waals surface area contributed by atoms with Crippen LogP contribution < -0.4 is 5.32 Å². The van der Waals surface area contributed by atoms with E-state index >= 15 is 0 Å². The number of hydrogen-bond donors (Lipinski definition) is 1. The average Bonchev–Trinajstić information content (AvgIpc) is 2.70. The van der Waals surface area contributed by atoms with Crippen molar-refractivity contribution in [2.75, 3.05) is 19.7 Å². The summed E-state index contributed by atoms with van der Waals surface area (Å²) < 4.78 is 6.26. The number of pyridine rings is 1. The summed E-state index contributed by atoms with van der Waals surface area (Å²) in [7, 11) is 0. The Morgan fingerprint density at radius 3 is 2.65 bits per heavy atom. The molecule has 0 atom stereocenters. The first-order valence-corrected chi connectivity index (χ1v) is 9.45. The second-order valence-corrected chi connectivity index (χ2v) is 7.37. The highest BCUT2D eigenvalue weighted by atomic mass is 16.5. The van der Waals surface area contributed by atoms with Crippen molar-refractivity contribution in [3.63, 3.8) is 0 Å². The number of aryl methyl sites for hydroxylation is 1. The molecule has 0 radical (unpaired) electrons. The van der Waals surface area contributed by atoms with E-state index in [0.29, 0.717) is 6.61 Å². The van der Waals surface area contributed by atoms with Crippen LogP contribution in [0, 0.1) is 6.92 Å². The average molecular weight is 346 g/mol. The Bertz CT molecular complexity index is 870. The minimum absolute atomic E-state index is 0.126. The number of fused-ring (bicyclic) bond motifs is 1. The fourth-order valence-corrected chi connectivity index (χ4v) is 4.00. The number of hydrogen-bond acceptors (Lipinski definition) is 3. The topological polar surface area (TPSA) is 34.1 Å². The molecular formula is C23H26N2O. The van der Waals surface area contributed by atoms with Gasteiger partial charge in [0, 0.05) is 17.0 Å². The summed E-state index contributed by atoms with van der Waals surface area (Å²) in [5, 5.41) is 4.70. The summed E-state index contributed by atoms with van der Waals surface area (Å²) in [6, 6.07) is 19.4. The Labute approximate surface area is 155 Å². The number of nitrogens with one attached hydrogen (secondary N) is 1. The van der Waals surface area contributed by atoms with Gasteiger partial charge in [-0.3, -0.25) is 4.98 Å². The number of nitrogens with zero attached hydrogens (tertiary/aromatic N) is 1. The van der Waals surface area contributed by atoms with E-state index in [2.05, 4.69) is 71.8 Å². The molecule has 1 aliphatic rings. The second-order valence-electron chi connectivity index (χ2n) is 7.37. The van der Waals surface area contributed by atoms with Crippen molar-refractivity contribution in [1.29, 1.82) is 0 Å². The van der Waals surface area contributed by atoms with Gasteiger partial charge in [-0.2, -0.15) is 0 Å². The number of ether oxygens (including phenoxy) is 1. The first-order valence-electron chi connectivity index (χ1n) is 9.45. The predicted molar refractivity (Wildman–Crippen MR) is 106 cm³/mol. The molecule has 3 heteroatoms. The third-order valence-electron chi connectivity index (χ3n) is 5.62. The smallest absolute Gasteiger partial charge is 0.0717 e. The Balaban J connectivity index is 1.49. The van der Waals surface area contributed by atoms with Gasteiger partial charge in [0.2, 0.25) is 0 Å². The van der Waals surface area contributed by atoms with Crippen LogP contribution >= 0.6 is 0 Å². The molecule has 26 heavy (non-hydrogen) atoms. The Morgan fingerprint density at radius 1 is 1.04 bits per heavy atom. The molecule has 1 saturated heterocycles. The largest absolute Gasteiger partial charge is 0.376 e. The van der Waals surface area contributed by atoms with E-state index in [9.17, 15) is 0 Å². The van der Waals surface area contributed by atoms with Crippen molar-refractivity contribution in [2.24, 2.45) is 0 Å². The van der Waals surface area contributed by atoms with Gasteiger partial charge in [-0.15, -0.1) is 0 Å². The van der Waals surface area contributed by atoms with Gasteiger partial charge in [-0.1, -0.05) is 36.4 Å². The van der Waals surface area contributed by atoms with Crippen molar-refractivity contribution in [1.82, 2.24) is 10.3 Å². The summed E-state index contributed by atoms with van der Waals surface area (Å²) in [5.74, 6) is 0. The van der Waals surface area contributed by atoms with Crippen molar-refractivity contribution in [3.8, 4) is 0 Å². The fourth-order valence-electron chi connectivity index (χ4n) is 4.00. The number of benzene rings is 2. The molecule has 0 amide bonds. The summed E-state index contributed by atoms with van der Waals surface area (Å²) in [5.41, 5.74) is 5.05. The van der Waals surface area contributed by atoms with Crippen LogP contribution in [0.2, 0.25) is 0 Å². The normalized spacial score (nSPS) is 16.7. The lowest BCUT2D eigenvalue weighted by atomic mass is 9.74. The van der Waals surface area contributed by atoms with Crippen molar-refractivity contribution >= 4 is 10.9 Å². The van der Waals surface area contributed by atoms with E-state index in [1.807, 2.05) is 6.20 Å². The van der Waals surface area contributed by atoms with Gasteiger partial charge >= 0.3 is 0 Å². The number of piperidine rings is 1. The van der Waals surface area contributed by atoms with Crippen molar-refractivity contribution < 1.29 is 4.74 Å². The van der Waals surface area contributed by atoms with E-state index in [0.717, 1.165) is 38.1 Å². The Kier molecular flexibility index (Phi) is 5.00. The molecule has 0 saturated carbocycles. The highest BCUT2D eigenvalue weighted by Crippen LogP contribution is 2.34. The van der Waals surface area contributed by atoms with Gasteiger partial charge in [0.15, 0.2) is 0 Å². The first-order chi connectivity index (χ1) is 12.8. The summed E-state index contributed by atoms with van der Waals surface area (Å²) in [4.78, 5) is 4.44. The van der Waals surface area contributed by atoms with Crippen LogP contribution in [0.15, 0.2) is 60.8 Å². The monoisotopic (exact) mass is 346 g/mol. The third kappa shape index (κ3) is 3.50. The molecule has 3 nitrogen and oxygen atoms in total. The van der Waals surface area contributed by atoms with Crippen LogP contribution in [0.5, 0.6) is 0 Å². The molecule has 0 unspecified atom stereocenters. The first kappa shape index (κ1) is 17.2. The predicted octanol–water partition coefficient (Wildman–Crippen LogP) is 4.38. The van der Waals surface area contributed by atoms with Crippen LogP contribution in [0.4, 0.5) is 0 Å². The maximum absolute atomic E-state index is 6.26. The number of aromatic nitrogens is 1. The lowest BCUT2D eigenvalue weighted by molar-refractivity contribution is 0.0566. The third-order valence-corrected chi connectivity index (χ3v) is 5.62. The molecule has 0 spiro atoms. The maximum Gasteiger partial charge on any atom is 0.0717 e. The van der Waals surface area contributed by atoms with E-state index in [1.54, 1.807) is 0 Å². The highest BCUT2D eigenvalue weighted by molar-refractivity contribution is 5.82. The maximum atomic E-state index is 6.26. The molecule has 3 aromatic rings. The number of rotatable bonds is 5. The van der Waals surface area contributed by atoms with E-state index < -0.39 is 0 Å². The molecule has 1 N–H and O–H groups in total. The van der Waals surface area contributed by atoms with E-state index in [4.69, 9.17) is 4.74 Å². The van der Waals surface area contributed by atoms with Gasteiger partial charge < -0.3 is 10.1 Å². The van der Waals surface area contributed by atoms with E-state index in [1.165, 1.54) is 22.1 Å². The molecule has 0 bridgehead atoms. The molecule has 1 fully saturated rings. The molecule has 2 aromatic carbocycles. The van der Waals surface area contributed by atoms with Gasteiger partial charge in [-0.25, -0.2) is 0 Å². The molecular weight excluding hydrogens is 320 g/mol. The Hall–Kier alpha value is -2.23. The van der Waals surface area contributed by atoms with Crippen LogP contribution in [0.1, 0.15) is 29.5 Å². The zero-order valence-electron chi connectivity index (χ0n) is 15.4. The second kappa shape index (κ2) is 7.56. The van der Waals surface area contributed by atoms with Crippen molar-refractivity contribution in [2.45, 2.75) is 31.8 Å². The lowest BCUT2D eigenvalue weighted by Gasteiger charge is -2.38. The molecule has 0 aliphatic carbocycles.